The Morgan fingerprint density at radius 1 is 1.47 bits per heavy atom. The molecule has 0 bridgehead atoms. The molecule has 0 saturated carbocycles. The first kappa shape index (κ1) is 11.6. The van der Waals surface area contributed by atoms with Crippen molar-refractivity contribution in [2.75, 3.05) is 12.4 Å². The molecule has 1 aliphatic heterocycles. The van der Waals surface area contributed by atoms with Crippen LogP contribution in [0.15, 0.2) is 34.5 Å². The van der Waals surface area contributed by atoms with Crippen molar-refractivity contribution in [2.45, 2.75) is 25.4 Å². The summed E-state index contributed by atoms with van der Waals surface area (Å²) in [6.07, 6.45) is 1.07. The molecule has 0 spiro atoms. The minimum atomic E-state index is -0.314. The van der Waals surface area contributed by atoms with Crippen LogP contribution in [0.1, 0.15) is 19.8 Å². The number of benzene rings is 1. The van der Waals surface area contributed by atoms with Crippen molar-refractivity contribution >= 4 is 11.6 Å². The molecule has 5 heteroatoms. The average Bonchev–Trinajstić information content (AvgIpc) is 3.06. The van der Waals surface area contributed by atoms with Crippen LogP contribution in [0.2, 0.25) is 0 Å². The van der Waals surface area contributed by atoms with Gasteiger partial charge in [-0.3, -0.25) is 4.79 Å². The Morgan fingerprint density at radius 3 is 2.88 bits per heavy atom. The SMILES string of the molecule is COc1cccc(NC(=O)CCC2(C)N=N2)c1. The molecule has 1 aromatic rings. The number of amides is 1. The monoisotopic (exact) mass is 233 g/mol. The summed E-state index contributed by atoms with van der Waals surface area (Å²) in [5.41, 5.74) is 0.426. The lowest BCUT2D eigenvalue weighted by Crippen LogP contribution is -2.15. The first-order valence-corrected chi connectivity index (χ1v) is 5.49. The van der Waals surface area contributed by atoms with Crippen molar-refractivity contribution in [1.82, 2.24) is 0 Å². The molecule has 0 fully saturated rings. The Balaban J connectivity index is 1.84. The van der Waals surface area contributed by atoms with Crippen LogP contribution in [0, 0.1) is 0 Å². The van der Waals surface area contributed by atoms with Crippen molar-refractivity contribution in [3.8, 4) is 5.75 Å². The van der Waals surface area contributed by atoms with E-state index in [9.17, 15) is 4.79 Å². The first-order chi connectivity index (χ1) is 8.11. The smallest absolute Gasteiger partial charge is 0.224 e. The first-order valence-electron chi connectivity index (χ1n) is 5.49. The summed E-state index contributed by atoms with van der Waals surface area (Å²) in [7, 11) is 1.60. The molecule has 1 N–H and O–H groups in total. The summed E-state index contributed by atoms with van der Waals surface area (Å²) >= 11 is 0. The fourth-order valence-electron chi connectivity index (χ4n) is 1.46. The summed E-state index contributed by atoms with van der Waals surface area (Å²) in [6, 6.07) is 7.28. The van der Waals surface area contributed by atoms with E-state index >= 15 is 0 Å². The predicted octanol–water partition coefficient (Wildman–Crippen LogP) is 2.60. The Morgan fingerprint density at radius 2 is 2.24 bits per heavy atom. The maximum Gasteiger partial charge on any atom is 0.224 e. The van der Waals surface area contributed by atoms with Crippen LogP contribution < -0.4 is 10.1 Å². The highest BCUT2D eigenvalue weighted by Crippen LogP contribution is 2.32. The number of hydrogen-bond acceptors (Lipinski definition) is 4. The van der Waals surface area contributed by atoms with E-state index in [1.165, 1.54) is 0 Å². The minimum Gasteiger partial charge on any atom is -0.497 e. The topological polar surface area (TPSA) is 63.0 Å². The molecule has 1 heterocycles. The van der Waals surface area contributed by atoms with E-state index in [0.29, 0.717) is 12.8 Å². The molecule has 1 aromatic carbocycles. The van der Waals surface area contributed by atoms with Gasteiger partial charge in [0.1, 0.15) is 5.75 Å². The van der Waals surface area contributed by atoms with Gasteiger partial charge >= 0.3 is 0 Å². The van der Waals surface area contributed by atoms with Gasteiger partial charge in [0.05, 0.1) is 7.11 Å². The zero-order chi connectivity index (χ0) is 12.3. The minimum absolute atomic E-state index is 0.0308. The van der Waals surface area contributed by atoms with Crippen molar-refractivity contribution < 1.29 is 9.53 Å². The van der Waals surface area contributed by atoms with Gasteiger partial charge in [-0.15, -0.1) is 0 Å². The van der Waals surface area contributed by atoms with Gasteiger partial charge in [-0.05, 0) is 19.1 Å². The van der Waals surface area contributed by atoms with E-state index in [1.807, 2.05) is 25.1 Å². The zero-order valence-electron chi connectivity index (χ0n) is 9.93. The number of nitrogens with one attached hydrogen (secondary N) is 1. The standard InChI is InChI=1S/C12H15N3O2/c1-12(14-15-12)7-6-11(16)13-9-4-3-5-10(8-9)17-2/h3-5,8H,6-7H2,1-2H3,(H,13,16). The van der Waals surface area contributed by atoms with Gasteiger partial charge in [-0.1, -0.05) is 6.07 Å². The molecule has 2 rings (SSSR count). The summed E-state index contributed by atoms with van der Waals surface area (Å²) in [6.45, 7) is 1.91. The van der Waals surface area contributed by atoms with Crippen LogP contribution in [0.25, 0.3) is 0 Å². The average molecular weight is 233 g/mol. The quantitative estimate of drug-likeness (QED) is 0.849. The van der Waals surface area contributed by atoms with Gasteiger partial charge in [-0.25, -0.2) is 0 Å². The molecule has 1 amide bonds. The highest BCUT2D eigenvalue weighted by atomic mass is 16.5. The fourth-order valence-corrected chi connectivity index (χ4v) is 1.46. The van der Waals surface area contributed by atoms with Crippen LogP contribution in [0.5, 0.6) is 5.75 Å². The van der Waals surface area contributed by atoms with Gasteiger partial charge in [0.15, 0.2) is 5.66 Å². The molecule has 0 unspecified atom stereocenters. The van der Waals surface area contributed by atoms with Crippen LogP contribution in [-0.2, 0) is 4.79 Å². The van der Waals surface area contributed by atoms with E-state index in [0.717, 1.165) is 11.4 Å². The molecule has 1 aliphatic rings. The van der Waals surface area contributed by atoms with Crippen molar-refractivity contribution in [2.24, 2.45) is 10.2 Å². The number of nitrogens with zero attached hydrogens (tertiary/aromatic N) is 2. The Kier molecular flexibility index (Phi) is 3.08. The molecule has 90 valence electrons. The molecule has 17 heavy (non-hydrogen) atoms. The third-order valence-electron chi connectivity index (χ3n) is 2.62. The maximum absolute atomic E-state index is 11.7. The second-order valence-corrected chi connectivity index (χ2v) is 4.20. The van der Waals surface area contributed by atoms with Crippen LogP contribution in [0.3, 0.4) is 0 Å². The Hall–Kier alpha value is -1.91. The van der Waals surface area contributed by atoms with Gasteiger partial charge in [0, 0.05) is 24.6 Å². The molecule has 0 aliphatic carbocycles. The lowest BCUT2D eigenvalue weighted by Gasteiger charge is -2.07. The van der Waals surface area contributed by atoms with Crippen molar-refractivity contribution in [3.63, 3.8) is 0 Å². The molecule has 5 nitrogen and oxygen atoms in total. The van der Waals surface area contributed by atoms with E-state index in [-0.39, 0.29) is 11.6 Å². The summed E-state index contributed by atoms with van der Waals surface area (Å²) in [5, 5.41) is 10.5. The van der Waals surface area contributed by atoms with Crippen molar-refractivity contribution in [1.29, 1.82) is 0 Å². The van der Waals surface area contributed by atoms with Gasteiger partial charge in [0.25, 0.3) is 0 Å². The summed E-state index contributed by atoms with van der Waals surface area (Å²) < 4.78 is 5.08. The van der Waals surface area contributed by atoms with E-state index in [2.05, 4.69) is 15.5 Å². The third-order valence-corrected chi connectivity index (χ3v) is 2.62. The zero-order valence-corrected chi connectivity index (χ0v) is 9.93. The maximum atomic E-state index is 11.7. The Labute approximate surface area is 99.9 Å². The number of carbonyl (C=O) groups is 1. The fraction of sp³-hybridized carbons (Fsp3) is 0.417. The van der Waals surface area contributed by atoms with Crippen LogP contribution >= 0.6 is 0 Å². The molecule has 0 radical (unpaired) electrons. The predicted molar refractivity (Wildman–Crippen MR) is 64.1 cm³/mol. The number of carbonyl (C=O) groups excluding carboxylic acids is 1. The normalized spacial score (nSPS) is 15.4. The highest BCUT2D eigenvalue weighted by molar-refractivity contribution is 5.90. The number of methoxy groups -OCH3 is 1. The number of rotatable bonds is 5. The number of hydrogen-bond donors (Lipinski definition) is 1. The van der Waals surface area contributed by atoms with Crippen LogP contribution in [-0.4, -0.2) is 18.7 Å². The largest absolute Gasteiger partial charge is 0.497 e. The van der Waals surface area contributed by atoms with Gasteiger partial charge in [0.2, 0.25) is 5.91 Å². The summed E-state index contributed by atoms with van der Waals surface area (Å²) in [4.78, 5) is 11.7. The van der Waals surface area contributed by atoms with E-state index in [4.69, 9.17) is 4.74 Å². The Bertz CT molecular complexity index is 451. The second kappa shape index (κ2) is 4.53. The molecule has 0 saturated heterocycles. The van der Waals surface area contributed by atoms with Crippen LogP contribution in [0.4, 0.5) is 5.69 Å². The van der Waals surface area contributed by atoms with E-state index < -0.39 is 0 Å². The second-order valence-electron chi connectivity index (χ2n) is 4.20. The summed E-state index contributed by atoms with van der Waals surface area (Å²) in [5.74, 6) is 0.693. The number of anilines is 1. The lowest BCUT2D eigenvalue weighted by molar-refractivity contribution is -0.116. The molecule has 0 atom stereocenters. The van der Waals surface area contributed by atoms with E-state index in [1.54, 1.807) is 13.2 Å². The van der Waals surface area contributed by atoms with Gasteiger partial charge < -0.3 is 10.1 Å². The molecular weight excluding hydrogens is 218 g/mol. The highest BCUT2D eigenvalue weighted by Gasteiger charge is 2.33. The molecule has 0 aromatic heterocycles. The molecular formula is C12H15N3O2. The van der Waals surface area contributed by atoms with Gasteiger partial charge in [-0.2, -0.15) is 10.2 Å². The lowest BCUT2D eigenvalue weighted by atomic mass is 10.1. The third kappa shape index (κ3) is 3.27. The number of ether oxygens (including phenoxy) is 1. The van der Waals surface area contributed by atoms with Crippen molar-refractivity contribution in [3.05, 3.63) is 24.3 Å².